The van der Waals surface area contributed by atoms with Crippen LogP contribution in [0.4, 0.5) is 10.1 Å². The van der Waals surface area contributed by atoms with Crippen molar-refractivity contribution in [2.45, 2.75) is 13.0 Å². The van der Waals surface area contributed by atoms with Crippen LogP contribution in [0.2, 0.25) is 10.0 Å². The summed E-state index contributed by atoms with van der Waals surface area (Å²) in [5, 5.41) is 11.4. The van der Waals surface area contributed by atoms with Gasteiger partial charge in [0.15, 0.2) is 5.75 Å². The van der Waals surface area contributed by atoms with Gasteiger partial charge in [0, 0.05) is 16.8 Å². The molecule has 0 spiro atoms. The zero-order chi connectivity index (χ0) is 23.9. The quantitative estimate of drug-likeness (QED) is 0.276. The van der Waals surface area contributed by atoms with E-state index >= 15 is 0 Å². The van der Waals surface area contributed by atoms with E-state index in [2.05, 4.69) is 0 Å². The first-order valence-electron chi connectivity index (χ1n) is 9.90. The van der Waals surface area contributed by atoms with Crippen molar-refractivity contribution in [3.63, 3.8) is 0 Å². The van der Waals surface area contributed by atoms with E-state index in [1.807, 2.05) is 0 Å². The van der Waals surface area contributed by atoms with Crippen LogP contribution in [0.3, 0.4) is 0 Å². The second kappa shape index (κ2) is 8.89. The highest BCUT2D eigenvalue weighted by molar-refractivity contribution is 6.52. The van der Waals surface area contributed by atoms with Crippen LogP contribution in [-0.2, 0) is 9.59 Å². The number of amides is 1. The molecule has 1 aliphatic rings. The first-order chi connectivity index (χ1) is 15.8. The van der Waals surface area contributed by atoms with E-state index in [0.29, 0.717) is 11.3 Å². The summed E-state index contributed by atoms with van der Waals surface area (Å²) in [5.74, 6) is -2.79. The van der Waals surface area contributed by atoms with Crippen molar-refractivity contribution in [3.05, 3.63) is 98.8 Å². The lowest BCUT2D eigenvalue weighted by Gasteiger charge is -2.27. The molecule has 1 fully saturated rings. The number of halogens is 3. The van der Waals surface area contributed by atoms with Gasteiger partial charge in [-0.25, -0.2) is 4.39 Å². The van der Waals surface area contributed by atoms with Crippen molar-refractivity contribution < 1.29 is 23.8 Å². The van der Waals surface area contributed by atoms with Crippen molar-refractivity contribution in [3.8, 4) is 5.75 Å². The molecule has 0 radical (unpaired) electrons. The van der Waals surface area contributed by atoms with Crippen LogP contribution in [0.5, 0.6) is 5.75 Å². The van der Waals surface area contributed by atoms with Crippen LogP contribution in [0.1, 0.15) is 22.7 Å². The second-order valence-electron chi connectivity index (χ2n) is 7.45. The first-order valence-corrected chi connectivity index (χ1v) is 10.7. The summed E-state index contributed by atoms with van der Waals surface area (Å²) in [5.41, 5.74) is 1.02. The third kappa shape index (κ3) is 3.86. The first kappa shape index (κ1) is 22.8. The lowest BCUT2D eigenvalue weighted by molar-refractivity contribution is -0.132. The van der Waals surface area contributed by atoms with Gasteiger partial charge in [-0.15, -0.1) is 0 Å². The average molecular weight is 486 g/mol. The van der Waals surface area contributed by atoms with E-state index in [-0.39, 0.29) is 32.5 Å². The van der Waals surface area contributed by atoms with Crippen molar-refractivity contribution in [2.24, 2.45) is 0 Å². The molecule has 1 N–H and O–H groups in total. The number of ketones is 1. The number of methoxy groups -OCH3 is 1. The molecule has 1 saturated heterocycles. The van der Waals surface area contributed by atoms with Gasteiger partial charge in [-0.3, -0.25) is 14.5 Å². The molecule has 1 heterocycles. The summed E-state index contributed by atoms with van der Waals surface area (Å²) in [6, 6.07) is 14.3. The topological polar surface area (TPSA) is 66.8 Å². The van der Waals surface area contributed by atoms with Crippen LogP contribution in [0.25, 0.3) is 5.76 Å². The summed E-state index contributed by atoms with van der Waals surface area (Å²) in [7, 11) is 1.39. The number of nitrogens with zero attached hydrogens (tertiary/aromatic N) is 1. The van der Waals surface area contributed by atoms with E-state index in [4.69, 9.17) is 27.9 Å². The summed E-state index contributed by atoms with van der Waals surface area (Å²) >= 11 is 12.4. The number of Topliss-reactive ketones (excluding diaryl/α,β-unsaturated/α-hetero) is 1. The molecule has 0 aliphatic carbocycles. The van der Waals surface area contributed by atoms with E-state index in [9.17, 15) is 19.1 Å². The molecule has 3 aromatic rings. The predicted octanol–water partition coefficient (Wildman–Crippen LogP) is 6.08. The molecule has 5 nitrogen and oxygen atoms in total. The molecule has 0 bridgehead atoms. The third-order valence-corrected chi connectivity index (χ3v) is 6.06. The fourth-order valence-electron chi connectivity index (χ4n) is 3.95. The fourth-order valence-corrected chi connectivity index (χ4v) is 4.59. The van der Waals surface area contributed by atoms with Gasteiger partial charge in [0.05, 0.1) is 28.8 Å². The second-order valence-corrected chi connectivity index (χ2v) is 8.26. The van der Waals surface area contributed by atoms with Gasteiger partial charge < -0.3 is 9.84 Å². The number of ether oxygens (including phenoxy) is 1. The third-order valence-electron chi connectivity index (χ3n) is 5.50. The molecule has 1 atom stereocenters. The number of anilines is 1. The molecular formula is C25H18Cl2FNO4. The minimum absolute atomic E-state index is 0.0622. The molecule has 168 valence electrons. The highest BCUT2D eigenvalue weighted by atomic mass is 35.5. The maximum Gasteiger partial charge on any atom is 0.300 e. The predicted molar refractivity (Wildman–Crippen MR) is 125 cm³/mol. The zero-order valence-electron chi connectivity index (χ0n) is 17.6. The van der Waals surface area contributed by atoms with Crippen LogP contribution in [0, 0.1) is 12.7 Å². The van der Waals surface area contributed by atoms with Crippen LogP contribution < -0.4 is 9.64 Å². The molecule has 8 heteroatoms. The molecule has 3 aromatic carbocycles. The highest BCUT2D eigenvalue weighted by Crippen LogP contribution is 2.45. The number of aliphatic hydroxyl groups excluding tert-OH is 1. The number of carbonyl (C=O) groups is 2. The van der Waals surface area contributed by atoms with Gasteiger partial charge in [0.25, 0.3) is 11.7 Å². The standard InChI is InChI=1S/C25H18Cl2FNO4/c1-13-7-3-6-10-19(13)29-21(15-8-4-5-9-18(15)28)20(23(31)25(29)32)22(30)14-11-16(26)24(33-2)17(27)12-14/h3-12,21,30H,1-2H3/b22-20+. The van der Waals surface area contributed by atoms with Crippen LogP contribution >= 0.6 is 23.2 Å². The van der Waals surface area contributed by atoms with Gasteiger partial charge in [-0.2, -0.15) is 0 Å². The molecule has 1 amide bonds. The van der Waals surface area contributed by atoms with Gasteiger partial charge in [0.2, 0.25) is 0 Å². The van der Waals surface area contributed by atoms with Crippen LogP contribution in [0.15, 0.2) is 66.2 Å². The highest BCUT2D eigenvalue weighted by Gasteiger charge is 2.48. The Labute approximate surface area is 199 Å². The number of aliphatic hydroxyl groups is 1. The maximum absolute atomic E-state index is 14.9. The number of hydrogen-bond donors (Lipinski definition) is 1. The molecule has 0 aromatic heterocycles. The Kier molecular flexibility index (Phi) is 6.15. The van der Waals surface area contributed by atoms with E-state index < -0.39 is 29.3 Å². The van der Waals surface area contributed by atoms with Gasteiger partial charge >= 0.3 is 0 Å². The molecule has 4 rings (SSSR count). The Morgan fingerprint density at radius 1 is 1.03 bits per heavy atom. The Bertz CT molecular complexity index is 1300. The average Bonchev–Trinajstić information content (AvgIpc) is 3.04. The van der Waals surface area contributed by atoms with Crippen molar-refractivity contribution in [1.82, 2.24) is 0 Å². The Balaban J connectivity index is 2.00. The molecule has 33 heavy (non-hydrogen) atoms. The number of hydrogen-bond acceptors (Lipinski definition) is 4. The minimum Gasteiger partial charge on any atom is -0.507 e. The lowest BCUT2D eigenvalue weighted by Crippen LogP contribution is -2.30. The molecule has 1 unspecified atom stereocenters. The zero-order valence-corrected chi connectivity index (χ0v) is 19.1. The van der Waals surface area contributed by atoms with E-state index in [1.165, 1.54) is 42.3 Å². The maximum atomic E-state index is 14.9. The number of rotatable bonds is 4. The Morgan fingerprint density at radius 2 is 1.64 bits per heavy atom. The van der Waals surface area contributed by atoms with E-state index in [0.717, 1.165) is 0 Å². The molecular weight excluding hydrogens is 468 g/mol. The number of carbonyl (C=O) groups excluding carboxylic acids is 2. The number of para-hydroxylation sites is 1. The van der Waals surface area contributed by atoms with E-state index in [1.54, 1.807) is 37.3 Å². The SMILES string of the molecule is COc1c(Cl)cc(/C(O)=C2\C(=O)C(=O)N(c3ccccc3C)C2c2ccccc2F)cc1Cl. The van der Waals surface area contributed by atoms with Gasteiger partial charge in [-0.1, -0.05) is 59.6 Å². The molecule has 1 aliphatic heterocycles. The summed E-state index contributed by atoms with van der Waals surface area (Å²) < 4.78 is 20.1. The molecule has 0 saturated carbocycles. The largest absolute Gasteiger partial charge is 0.507 e. The van der Waals surface area contributed by atoms with Crippen molar-refractivity contribution in [2.75, 3.05) is 12.0 Å². The Morgan fingerprint density at radius 3 is 2.24 bits per heavy atom. The lowest BCUT2D eigenvalue weighted by atomic mass is 9.94. The minimum atomic E-state index is -1.20. The summed E-state index contributed by atoms with van der Waals surface area (Å²) in [6.07, 6.45) is 0. The van der Waals surface area contributed by atoms with Crippen molar-refractivity contribution in [1.29, 1.82) is 0 Å². The normalized spacial score (nSPS) is 17.5. The smallest absolute Gasteiger partial charge is 0.300 e. The fraction of sp³-hybridized carbons (Fsp3) is 0.120. The van der Waals surface area contributed by atoms with Gasteiger partial charge in [0.1, 0.15) is 11.6 Å². The summed E-state index contributed by atoms with van der Waals surface area (Å²) in [6.45, 7) is 1.77. The van der Waals surface area contributed by atoms with Crippen molar-refractivity contribution >= 4 is 46.3 Å². The van der Waals surface area contributed by atoms with Gasteiger partial charge in [-0.05, 0) is 36.8 Å². The number of aryl methyl sites for hydroxylation is 1. The summed E-state index contributed by atoms with van der Waals surface area (Å²) in [4.78, 5) is 27.6. The van der Waals surface area contributed by atoms with Crippen LogP contribution in [-0.4, -0.2) is 23.9 Å². The Hall–Kier alpha value is -3.35. The number of benzene rings is 3. The monoisotopic (exact) mass is 485 g/mol.